The van der Waals surface area contributed by atoms with Crippen molar-refractivity contribution in [3.63, 3.8) is 0 Å². The predicted molar refractivity (Wildman–Crippen MR) is 122 cm³/mol. The van der Waals surface area contributed by atoms with Gasteiger partial charge < -0.3 is 11.5 Å². The number of carbonyl (C=O) groups is 2. The molecule has 0 atom stereocenters. The standard InChI is InChI=1S/C26H32N2O2/c1-3-4-5-6-16-8-10-17(11-9-16)18-13-14-20-22(24(18)28)26(30)19-12-7-15(2)23(27)21(19)25(20)29/h7,12-14,16-17H,3-6,8-11,27-28H2,1-2H3. The number of ketones is 2. The number of benzene rings is 2. The van der Waals surface area contributed by atoms with Crippen LogP contribution in [0.25, 0.3) is 0 Å². The van der Waals surface area contributed by atoms with Crippen molar-refractivity contribution in [2.75, 3.05) is 11.5 Å². The Labute approximate surface area is 179 Å². The second-order valence-electron chi connectivity index (χ2n) is 9.08. The Morgan fingerprint density at radius 3 is 2.07 bits per heavy atom. The van der Waals surface area contributed by atoms with E-state index in [1.807, 2.05) is 13.0 Å². The molecule has 30 heavy (non-hydrogen) atoms. The Balaban J connectivity index is 1.61. The van der Waals surface area contributed by atoms with Gasteiger partial charge in [-0.05, 0) is 67.7 Å². The van der Waals surface area contributed by atoms with E-state index in [2.05, 4.69) is 6.92 Å². The molecule has 0 aliphatic heterocycles. The zero-order valence-electron chi connectivity index (χ0n) is 18.1. The minimum absolute atomic E-state index is 0.182. The van der Waals surface area contributed by atoms with Gasteiger partial charge in [0.05, 0.1) is 11.1 Å². The fourth-order valence-corrected chi connectivity index (χ4v) is 5.30. The third kappa shape index (κ3) is 3.42. The zero-order chi connectivity index (χ0) is 21.4. The summed E-state index contributed by atoms with van der Waals surface area (Å²) in [6.07, 6.45) is 9.87. The van der Waals surface area contributed by atoms with Crippen LogP contribution in [-0.4, -0.2) is 11.6 Å². The molecular weight excluding hydrogens is 372 g/mol. The topological polar surface area (TPSA) is 86.2 Å². The molecule has 0 aromatic heterocycles. The van der Waals surface area contributed by atoms with Crippen molar-refractivity contribution in [2.45, 2.75) is 71.1 Å². The maximum atomic E-state index is 13.3. The fourth-order valence-electron chi connectivity index (χ4n) is 5.30. The first-order valence-electron chi connectivity index (χ1n) is 11.3. The van der Waals surface area contributed by atoms with Crippen LogP contribution < -0.4 is 11.5 Å². The molecule has 4 heteroatoms. The molecule has 0 heterocycles. The van der Waals surface area contributed by atoms with Gasteiger partial charge in [0, 0.05) is 22.5 Å². The molecule has 1 fully saturated rings. The Bertz CT molecular complexity index is 1000. The molecule has 0 unspecified atom stereocenters. The molecule has 1 saturated carbocycles. The summed E-state index contributed by atoms with van der Waals surface area (Å²) in [5.74, 6) is 0.802. The van der Waals surface area contributed by atoms with Crippen LogP contribution in [0.1, 0.15) is 107 Å². The van der Waals surface area contributed by atoms with Crippen LogP contribution in [0.15, 0.2) is 24.3 Å². The van der Waals surface area contributed by atoms with Crippen LogP contribution in [-0.2, 0) is 0 Å². The van der Waals surface area contributed by atoms with Crippen LogP contribution in [0, 0.1) is 12.8 Å². The van der Waals surface area contributed by atoms with Crippen LogP contribution >= 0.6 is 0 Å². The average Bonchev–Trinajstić information content (AvgIpc) is 2.74. The molecule has 0 bridgehead atoms. The zero-order valence-corrected chi connectivity index (χ0v) is 18.1. The number of nitrogens with two attached hydrogens (primary N) is 2. The summed E-state index contributed by atoms with van der Waals surface area (Å²) in [5.41, 5.74) is 16.9. The van der Waals surface area contributed by atoms with E-state index in [1.165, 1.54) is 38.5 Å². The number of fused-ring (bicyclic) bond motifs is 2. The van der Waals surface area contributed by atoms with E-state index in [1.54, 1.807) is 18.2 Å². The van der Waals surface area contributed by atoms with E-state index in [4.69, 9.17) is 11.5 Å². The van der Waals surface area contributed by atoms with E-state index >= 15 is 0 Å². The summed E-state index contributed by atoms with van der Waals surface area (Å²) < 4.78 is 0. The molecular formula is C26H32N2O2. The summed E-state index contributed by atoms with van der Waals surface area (Å²) in [7, 11) is 0. The second-order valence-corrected chi connectivity index (χ2v) is 9.08. The first kappa shape index (κ1) is 20.6. The molecule has 2 aromatic rings. The molecule has 0 radical (unpaired) electrons. The Kier molecular flexibility index (Phi) is 5.68. The van der Waals surface area contributed by atoms with Gasteiger partial charge in [0.15, 0.2) is 11.6 Å². The smallest absolute Gasteiger partial charge is 0.196 e. The van der Waals surface area contributed by atoms with Crippen LogP contribution in [0.4, 0.5) is 11.4 Å². The Hall–Kier alpha value is -2.62. The van der Waals surface area contributed by atoms with Crippen molar-refractivity contribution in [2.24, 2.45) is 5.92 Å². The Morgan fingerprint density at radius 2 is 1.43 bits per heavy atom. The lowest BCUT2D eigenvalue weighted by Crippen LogP contribution is -2.25. The van der Waals surface area contributed by atoms with Crippen molar-refractivity contribution in [3.05, 3.63) is 57.6 Å². The molecule has 2 aliphatic carbocycles. The number of anilines is 2. The lowest BCUT2D eigenvalue weighted by molar-refractivity contribution is 0.0980. The molecule has 4 N–H and O–H groups in total. The van der Waals surface area contributed by atoms with Gasteiger partial charge in [0.1, 0.15) is 0 Å². The normalized spacial score (nSPS) is 20.7. The van der Waals surface area contributed by atoms with E-state index < -0.39 is 0 Å². The number of aryl methyl sites for hydroxylation is 1. The van der Waals surface area contributed by atoms with Gasteiger partial charge in [-0.3, -0.25) is 9.59 Å². The molecule has 158 valence electrons. The summed E-state index contributed by atoms with van der Waals surface area (Å²) in [5, 5.41) is 0. The highest BCUT2D eigenvalue weighted by molar-refractivity contribution is 6.31. The first-order chi connectivity index (χ1) is 14.4. The highest BCUT2D eigenvalue weighted by Crippen LogP contribution is 2.43. The maximum absolute atomic E-state index is 13.3. The van der Waals surface area contributed by atoms with Crippen molar-refractivity contribution in [3.8, 4) is 0 Å². The van der Waals surface area contributed by atoms with Gasteiger partial charge in [-0.2, -0.15) is 0 Å². The van der Waals surface area contributed by atoms with E-state index in [9.17, 15) is 9.59 Å². The van der Waals surface area contributed by atoms with E-state index in [0.29, 0.717) is 39.5 Å². The monoisotopic (exact) mass is 404 g/mol. The molecule has 0 amide bonds. The van der Waals surface area contributed by atoms with Crippen molar-refractivity contribution >= 4 is 22.9 Å². The average molecular weight is 405 g/mol. The molecule has 4 rings (SSSR count). The molecule has 2 aliphatic rings. The number of hydrogen-bond donors (Lipinski definition) is 2. The van der Waals surface area contributed by atoms with Crippen LogP contribution in [0.2, 0.25) is 0 Å². The van der Waals surface area contributed by atoms with Crippen LogP contribution in [0.5, 0.6) is 0 Å². The summed E-state index contributed by atoms with van der Waals surface area (Å²) in [6, 6.07) is 7.26. The van der Waals surface area contributed by atoms with Crippen molar-refractivity contribution < 1.29 is 9.59 Å². The molecule has 0 spiro atoms. The number of carbonyl (C=O) groups excluding carboxylic acids is 2. The van der Waals surface area contributed by atoms with E-state index in [0.717, 1.165) is 29.9 Å². The summed E-state index contributed by atoms with van der Waals surface area (Å²) >= 11 is 0. The number of unbranched alkanes of at least 4 members (excludes halogenated alkanes) is 2. The van der Waals surface area contributed by atoms with Gasteiger partial charge in [-0.25, -0.2) is 0 Å². The van der Waals surface area contributed by atoms with Crippen molar-refractivity contribution in [1.29, 1.82) is 0 Å². The first-order valence-corrected chi connectivity index (χ1v) is 11.3. The number of rotatable bonds is 5. The molecule has 0 saturated heterocycles. The highest BCUT2D eigenvalue weighted by Gasteiger charge is 2.35. The molecule has 2 aromatic carbocycles. The van der Waals surface area contributed by atoms with Gasteiger partial charge >= 0.3 is 0 Å². The largest absolute Gasteiger partial charge is 0.398 e. The lowest BCUT2D eigenvalue weighted by atomic mass is 9.74. The third-order valence-electron chi connectivity index (χ3n) is 7.19. The number of hydrogen-bond acceptors (Lipinski definition) is 4. The second kappa shape index (κ2) is 8.25. The molecule has 4 nitrogen and oxygen atoms in total. The maximum Gasteiger partial charge on any atom is 0.196 e. The van der Waals surface area contributed by atoms with Gasteiger partial charge in [0.2, 0.25) is 0 Å². The van der Waals surface area contributed by atoms with Gasteiger partial charge in [-0.1, -0.05) is 44.7 Å². The summed E-state index contributed by atoms with van der Waals surface area (Å²) in [6.45, 7) is 4.09. The summed E-state index contributed by atoms with van der Waals surface area (Å²) in [4.78, 5) is 26.4. The van der Waals surface area contributed by atoms with Crippen LogP contribution in [0.3, 0.4) is 0 Å². The third-order valence-corrected chi connectivity index (χ3v) is 7.19. The minimum atomic E-state index is -0.196. The predicted octanol–water partition coefficient (Wildman–Crippen LogP) is 5.79. The minimum Gasteiger partial charge on any atom is -0.398 e. The van der Waals surface area contributed by atoms with Gasteiger partial charge in [-0.15, -0.1) is 0 Å². The quantitative estimate of drug-likeness (QED) is 0.416. The highest BCUT2D eigenvalue weighted by atomic mass is 16.1. The fraction of sp³-hybridized carbons (Fsp3) is 0.462. The Morgan fingerprint density at radius 1 is 0.833 bits per heavy atom. The number of nitrogen functional groups attached to an aromatic ring is 2. The van der Waals surface area contributed by atoms with Gasteiger partial charge in [0.25, 0.3) is 0 Å². The SMILES string of the molecule is CCCCCC1CCC(c2ccc3c(c2N)C(=O)c2ccc(C)c(N)c2C3=O)CC1. The van der Waals surface area contributed by atoms with Crippen molar-refractivity contribution in [1.82, 2.24) is 0 Å². The lowest BCUT2D eigenvalue weighted by Gasteiger charge is -2.31. The van der Waals surface area contributed by atoms with E-state index in [-0.39, 0.29) is 11.6 Å².